The van der Waals surface area contributed by atoms with Gasteiger partial charge in [-0.25, -0.2) is 4.98 Å². The van der Waals surface area contributed by atoms with Crippen molar-refractivity contribution >= 4 is 17.2 Å². The highest BCUT2D eigenvalue weighted by Gasteiger charge is 2.27. The summed E-state index contributed by atoms with van der Waals surface area (Å²) in [6, 6.07) is 3.70. The molecule has 0 bridgehead atoms. The molecule has 1 aliphatic heterocycles. The molecular formula is C16H21N3OS. The van der Waals surface area contributed by atoms with Gasteiger partial charge >= 0.3 is 0 Å². The predicted octanol–water partition coefficient (Wildman–Crippen LogP) is 3.61. The van der Waals surface area contributed by atoms with Crippen LogP contribution >= 0.6 is 11.3 Å². The summed E-state index contributed by atoms with van der Waals surface area (Å²) in [6.45, 7) is 5.96. The van der Waals surface area contributed by atoms with Crippen molar-refractivity contribution in [1.82, 2.24) is 14.9 Å². The Morgan fingerprint density at radius 1 is 1.52 bits per heavy atom. The molecule has 1 aliphatic rings. The molecule has 1 fully saturated rings. The van der Waals surface area contributed by atoms with Gasteiger partial charge in [0.2, 0.25) is 0 Å². The molecule has 0 saturated carbocycles. The number of hydrogen-bond donors (Lipinski definition) is 1. The minimum absolute atomic E-state index is 0.102. The van der Waals surface area contributed by atoms with E-state index in [1.807, 2.05) is 17.0 Å². The van der Waals surface area contributed by atoms with Gasteiger partial charge in [0.1, 0.15) is 5.69 Å². The second-order valence-electron chi connectivity index (χ2n) is 5.94. The van der Waals surface area contributed by atoms with E-state index in [4.69, 9.17) is 4.98 Å². The zero-order chi connectivity index (χ0) is 14.8. The number of thiazole rings is 1. The molecule has 3 rings (SSSR count). The number of hydrogen-bond acceptors (Lipinski definition) is 3. The first kappa shape index (κ1) is 14.3. The van der Waals surface area contributed by atoms with Gasteiger partial charge in [0.25, 0.3) is 5.91 Å². The minimum atomic E-state index is 0.102. The maximum Gasteiger partial charge on any atom is 0.270 e. The molecule has 0 spiro atoms. The van der Waals surface area contributed by atoms with E-state index in [2.05, 4.69) is 24.2 Å². The van der Waals surface area contributed by atoms with Crippen LogP contribution in [0, 0.1) is 0 Å². The highest BCUT2D eigenvalue weighted by Crippen LogP contribution is 2.31. The van der Waals surface area contributed by atoms with E-state index in [9.17, 15) is 4.79 Å². The normalized spacial score (nSPS) is 19.2. The lowest BCUT2D eigenvalue weighted by Crippen LogP contribution is -2.39. The van der Waals surface area contributed by atoms with E-state index in [-0.39, 0.29) is 5.91 Å². The van der Waals surface area contributed by atoms with Crippen molar-refractivity contribution in [2.24, 2.45) is 0 Å². The van der Waals surface area contributed by atoms with Crippen LogP contribution in [0.2, 0.25) is 0 Å². The van der Waals surface area contributed by atoms with Gasteiger partial charge in [-0.3, -0.25) is 4.79 Å². The quantitative estimate of drug-likeness (QED) is 0.941. The van der Waals surface area contributed by atoms with Crippen LogP contribution in [0.5, 0.6) is 0 Å². The van der Waals surface area contributed by atoms with Gasteiger partial charge in [-0.2, -0.15) is 0 Å². The number of H-pyrrole nitrogens is 1. The highest BCUT2D eigenvalue weighted by molar-refractivity contribution is 7.09. The van der Waals surface area contributed by atoms with Gasteiger partial charge in [0, 0.05) is 30.6 Å². The standard InChI is InChI=1S/C16H21N3OS/c1-11(2)14-10-21-15(18-14)12-5-4-8-19(9-12)16(20)13-6-3-7-17-13/h3,6-7,10-12,17H,4-5,8-9H2,1-2H3/t12-/m1/s1. The lowest BCUT2D eigenvalue weighted by atomic mass is 9.98. The fraction of sp³-hybridized carbons (Fsp3) is 0.500. The molecule has 2 aromatic heterocycles. The smallest absolute Gasteiger partial charge is 0.270 e. The molecule has 0 aliphatic carbocycles. The van der Waals surface area contributed by atoms with Crippen LogP contribution in [0.3, 0.4) is 0 Å². The second-order valence-corrected chi connectivity index (χ2v) is 6.83. The van der Waals surface area contributed by atoms with Crippen LogP contribution in [0.25, 0.3) is 0 Å². The van der Waals surface area contributed by atoms with E-state index in [1.165, 1.54) is 10.7 Å². The Hall–Kier alpha value is -1.62. The Kier molecular flexibility index (Phi) is 4.10. The Morgan fingerprint density at radius 3 is 3.05 bits per heavy atom. The maximum atomic E-state index is 12.4. The monoisotopic (exact) mass is 303 g/mol. The SMILES string of the molecule is CC(C)c1csc([C@@H]2CCCN(C(=O)c3ccc[nH]3)C2)n1. The first-order valence-electron chi connectivity index (χ1n) is 7.53. The Balaban J connectivity index is 1.72. The summed E-state index contributed by atoms with van der Waals surface area (Å²) in [5.74, 6) is 0.954. The number of piperidine rings is 1. The van der Waals surface area contributed by atoms with Crippen LogP contribution in [-0.2, 0) is 0 Å². The number of nitrogens with one attached hydrogen (secondary N) is 1. The molecule has 112 valence electrons. The van der Waals surface area contributed by atoms with Gasteiger partial charge in [0.15, 0.2) is 0 Å². The molecule has 21 heavy (non-hydrogen) atoms. The zero-order valence-corrected chi connectivity index (χ0v) is 13.3. The zero-order valence-electron chi connectivity index (χ0n) is 12.5. The van der Waals surface area contributed by atoms with E-state index in [1.54, 1.807) is 17.5 Å². The third kappa shape index (κ3) is 3.02. The average molecular weight is 303 g/mol. The van der Waals surface area contributed by atoms with Crippen molar-refractivity contribution < 1.29 is 4.79 Å². The first-order chi connectivity index (χ1) is 10.1. The molecule has 1 N–H and O–H groups in total. The predicted molar refractivity (Wildman–Crippen MR) is 84.9 cm³/mol. The van der Waals surface area contributed by atoms with E-state index in [0.29, 0.717) is 17.5 Å². The Bertz CT molecular complexity index is 603. The average Bonchev–Trinajstić information content (AvgIpc) is 3.18. The van der Waals surface area contributed by atoms with Gasteiger partial charge in [-0.15, -0.1) is 11.3 Å². The first-order valence-corrected chi connectivity index (χ1v) is 8.41. The maximum absolute atomic E-state index is 12.4. The van der Waals surface area contributed by atoms with Crippen molar-refractivity contribution in [3.8, 4) is 0 Å². The Morgan fingerprint density at radius 2 is 2.38 bits per heavy atom. The third-order valence-corrected chi connectivity index (χ3v) is 5.04. The van der Waals surface area contributed by atoms with E-state index in [0.717, 1.165) is 25.9 Å². The molecule has 0 radical (unpaired) electrons. The van der Waals surface area contributed by atoms with Crippen LogP contribution < -0.4 is 0 Å². The van der Waals surface area contributed by atoms with E-state index < -0.39 is 0 Å². The molecule has 3 heterocycles. The molecule has 1 atom stereocenters. The van der Waals surface area contributed by atoms with E-state index >= 15 is 0 Å². The topological polar surface area (TPSA) is 49.0 Å². The van der Waals surface area contributed by atoms with Crippen molar-refractivity contribution in [3.63, 3.8) is 0 Å². The molecule has 1 saturated heterocycles. The van der Waals surface area contributed by atoms with Crippen LogP contribution in [0.1, 0.15) is 59.7 Å². The number of aromatic nitrogens is 2. The molecule has 2 aromatic rings. The fourth-order valence-corrected chi connectivity index (χ4v) is 3.86. The van der Waals surface area contributed by atoms with Crippen molar-refractivity contribution in [2.75, 3.05) is 13.1 Å². The number of nitrogens with zero attached hydrogens (tertiary/aromatic N) is 2. The van der Waals surface area contributed by atoms with Crippen LogP contribution in [-0.4, -0.2) is 33.9 Å². The number of carbonyl (C=O) groups excluding carboxylic acids is 1. The summed E-state index contributed by atoms with van der Waals surface area (Å²) >= 11 is 1.74. The summed E-state index contributed by atoms with van der Waals surface area (Å²) in [5.41, 5.74) is 1.85. The summed E-state index contributed by atoms with van der Waals surface area (Å²) < 4.78 is 0. The third-order valence-electron chi connectivity index (χ3n) is 4.02. The minimum Gasteiger partial charge on any atom is -0.357 e. The van der Waals surface area contributed by atoms with Gasteiger partial charge < -0.3 is 9.88 Å². The summed E-state index contributed by atoms with van der Waals surface area (Å²) in [6.07, 6.45) is 3.97. The summed E-state index contributed by atoms with van der Waals surface area (Å²) in [7, 11) is 0. The van der Waals surface area contributed by atoms with Crippen LogP contribution in [0.15, 0.2) is 23.7 Å². The number of rotatable bonds is 3. The Labute approximate surface area is 129 Å². The largest absolute Gasteiger partial charge is 0.357 e. The number of amides is 1. The van der Waals surface area contributed by atoms with Crippen molar-refractivity contribution in [2.45, 2.75) is 38.5 Å². The fourth-order valence-electron chi connectivity index (χ4n) is 2.75. The number of carbonyl (C=O) groups is 1. The summed E-state index contributed by atoms with van der Waals surface area (Å²) in [4.78, 5) is 22.1. The molecule has 0 unspecified atom stereocenters. The second kappa shape index (κ2) is 6.02. The van der Waals surface area contributed by atoms with Gasteiger partial charge in [0.05, 0.1) is 10.7 Å². The van der Waals surface area contributed by atoms with Crippen molar-refractivity contribution in [1.29, 1.82) is 0 Å². The lowest BCUT2D eigenvalue weighted by Gasteiger charge is -2.31. The number of likely N-dealkylation sites (tertiary alicyclic amines) is 1. The molecule has 5 heteroatoms. The van der Waals surface area contributed by atoms with Gasteiger partial charge in [-0.1, -0.05) is 13.8 Å². The molecule has 4 nitrogen and oxygen atoms in total. The number of aromatic amines is 1. The molecule has 0 aromatic carbocycles. The van der Waals surface area contributed by atoms with Crippen molar-refractivity contribution in [3.05, 3.63) is 40.1 Å². The highest BCUT2D eigenvalue weighted by atomic mass is 32.1. The van der Waals surface area contributed by atoms with Gasteiger partial charge in [-0.05, 0) is 30.9 Å². The lowest BCUT2D eigenvalue weighted by molar-refractivity contribution is 0.0702. The van der Waals surface area contributed by atoms with Crippen LogP contribution in [0.4, 0.5) is 0 Å². The molecule has 1 amide bonds. The summed E-state index contributed by atoms with van der Waals surface area (Å²) in [5, 5.41) is 3.34. The molecular weight excluding hydrogens is 282 g/mol.